The first-order chi connectivity index (χ1) is 17.0. The van der Waals surface area contributed by atoms with Gasteiger partial charge in [0.2, 0.25) is 5.91 Å². The van der Waals surface area contributed by atoms with Gasteiger partial charge < -0.3 is 20.4 Å². The lowest BCUT2D eigenvalue weighted by Crippen LogP contribution is -2.31. The molecule has 3 N–H and O–H groups in total. The van der Waals surface area contributed by atoms with Gasteiger partial charge in [0.15, 0.2) is 0 Å². The van der Waals surface area contributed by atoms with Crippen molar-refractivity contribution in [3.05, 3.63) is 106 Å². The van der Waals surface area contributed by atoms with E-state index in [4.69, 9.17) is 16.0 Å². The van der Waals surface area contributed by atoms with Crippen molar-refractivity contribution in [1.82, 2.24) is 5.32 Å². The number of nitrogens with zero attached hydrogens (tertiary/aromatic N) is 1. The monoisotopic (exact) mass is 504 g/mol. The summed E-state index contributed by atoms with van der Waals surface area (Å²) < 4.78 is 5.62. The van der Waals surface area contributed by atoms with Gasteiger partial charge in [-0.3, -0.25) is 9.59 Å². The minimum Gasteiger partial charge on any atom is -0.468 e. The number of benzene rings is 2. The first kappa shape index (κ1) is 24.2. The average molecular weight is 505 g/mol. The summed E-state index contributed by atoms with van der Waals surface area (Å²) in [4.78, 5) is 25.8. The second-order valence-corrected chi connectivity index (χ2v) is 9.05. The third-order valence-corrected chi connectivity index (χ3v) is 6.50. The van der Waals surface area contributed by atoms with E-state index in [0.717, 1.165) is 0 Å². The Morgan fingerprint density at radius 3 is 2.43 bits per heavy atom. The minimum atomic E-state index is -0.733. The van der Waals surface area contributed by atoms with E-state index >= 15 is 0 Å². The van der Waals surface area contributed by atoms with Crippen molar-refractivity contribution in [2.24, 2.45) is 0 Å². The van der Waals surface area contributed by atoms with Crippen LogP contribution in [0.2, 0.25) is 5.02 Å². The number of thioether (sulfide) groups is 1. The highest BCUT2D eigenvalue weighted by molar-refractivity contribution is 8.03. The molecule has 0 aliphatic carbocycles. The van der Waals surface area contributed by atoms with E-state index in [2.05, 4.69) is 22.0 Å². The summed E-state index contributed by atoms with van der Waals surface area (Å²) in [5, 5.41) is 20.0. The zero-order valence-corrected chi connectivity index (χ0v) is 20.2. The fourth-order valence-electron chi connectivity index (χ4n) is 3.66. The SMILES string of the molecule is CC1=C(C(=O)Nc2ccc(Cl)cc2)[C@H](c2ccco2)C(C#N)=C(SCC(=O)Nc2ccccc2)N1. The third kappa shape index (κ3) is 5.77. The second-order valence-electron chi connectivity index (χ2n) is 7.63. The zero-order chi connectivity index (χ0) is 24.8. The highest BCUT2D eigenvalue weighted by atomic mass is 35.5. The lowest BCUT2D eigenvalue weighted by Gasteiger charge is -2.28. The van der Waals surface area contributed by atoms with E-state index in [0.29, 0.717) is 44.0 Å². The molecule has 2 amide bonds. The summed E-state index contributed by atoms with van der Waals surface area (Å²) in [5.41, 5.74) is 2.46. The summed E-state index contributed by atoms with van der Waals surface area (Å²) in [6.07, 6.45) is 1.50. The maximum absolute atomic E-state index is 13.3. The number of rotatable bonds is 7. The molecule has 35 heavy (non-hydrogen) atoms. The number of furan rings is 1. The number of hydrogen-bond donors (Lipinski definition) is 3. The van der Waals surface area contributed by atoms with Gasteiger partial charge in [0.25, 0.3) is 5.91 Å². The smallest absolute Gasteiger partial charge is 0.254 e. The van der Waals surface area contributed by atoms with E-state index in [1.165, 1.54) is 18.0 Å². The van der Waals surface area contributed by atoms with Crippen molar-refractivity contribution in [3.8, 4) is 6.07 Å². The van der Waals surface area contributed by atoms with E-state index in [-0.39, 0.29) is 17.6 Å². The molecule has 7 nitrogen and oxygen atoms in total. The number of dihydropyridines is 1. The molecule has 0 saturated heterocycles. The maximum Gasteiger partial charge on any atom is 0.254 e. The average Bonchev–Trinajstić information content (AvgIpc) is 3.39. The van der Waals surface area contributed by atoms with Gasteiger partial charge in [-0.25, -0.2) is 0 Å². The standard InChI is InChI=1S/C26H21ClN4O3S/c1-16-23(25(33)31-19-11-9-17(27)10-12-19)24(21-8-5-13-34-21)20(14-28)26(29-16)35-15-22(32)30-18-6-3-2-4-7-18/h2-13,24,29H,15H2,1H3,(H,30,32)(H,31,33)/t24-/m0/s1. The molecule has 1 aromatic heterocycles. The van der Waals surface area contributed by atoms with Crippen molar-refractivity contribution in [2.75, 3.05) is 16.4 Å². The summed E-state index contributed by atoms with van der Waals surface area (Å²) in [5.74, 6) is -0.793. The molecule has 2 aromatic carbocycles. The number of nitriles is 1. The summed E-state index contributed by atoms with van der Waals surface area (Å²) >= 11 is 7.14. The summed E-state index contributed by atoms with van der Waals surface area (Å²) in [6, 6.07) is 21.5. The van der Waals surface area contributed by atoms with Gasteiger partial charge in [-0.1, -0.05) is 41.6 Å². The molecule has 0 radical (unpaired) electrons. The topological polar surface area (TPSA) is 107 Å². The fraction of sp³-hybridized carbons (Fsp3) is 0.115. The van der Waals surface area contributed by atoms with Crippen LogP contribution in [0.3, 0.4) is 0 Å². The summed E-state index contributed by atoms with van der Waals surface area (Å²) in [7, 11) is 0. The molecule has 9 heteroatoms. The summed E-state index contributed by atoms with van der Waals surface area (Å²) in [6.45, 7) is 1.76. The van der Waals surface area contributed by atoms with Gasteiger partial charge in [-0.15, -0.1) is 0 Å². The molecule has 0 unspecified atom stereocenters. The molecule has 1 aliphatic heterocycles. The lowest BCUT2D eigenvalue weighted by atomic mass is 9.85. The molecular formula is C26H21ClN4O3S. The van der Waals surface area contributed by atoms with Crippen LogP contribution in [0.4, 0.5) is 11.4 Å². The van der Waals surface area contributed by atoms with Gasteiger partial charge in [0.1, 0.15) is 5.76 Å². The second kappa shape index (κ2) is 11.0. The largest absolute Gasteiger partial charge is 0.468 e. The minimum absolute atomic E-state index is 0.0763. The quantitative estimate of drug-likeness (QED) is 0.384. The Morgan fingerprint density at radius 2 is 1.77 bits per heavy atom. The number of carbonyl (C=O) groups is 2. The zero-order valence-electron chi connectivity index (χ0n) is 18.7. The van der Waals surface area contributed by atoms with Crippen LogP contribution >= 0.6 is 23.4 Å². The van der Waals surface area contributed by atoms with E-state index in [1.54, 1.807) is 55.5 Å². The third-order valence-electron chi connectivity index (χ3n) is 5.23. The van der Waals surface area contributed by atoms with Crippen molar-refractivity contribution in [3.63, 3.8) is 0 Å². The molecule has 0 saturated carbocycles. The van der Waals surface area contributed by atoms with Crippen LogP contribution < -0.4 is 16.0 Å². The molecule has 176 valence electrons. The Labute approximate surface area is 211 Å². The van der Waals surface area contributed by atoms with Crippen LogP contribution in [0.1, 0.15) is 18.6 Å². The Morgan fingerprint density at radius 1 is 1.06 bits per heavy atom. The number of para-hydroxylation sites is 1. The van der Waals surface area contributed by atoms with Gasteiger partial charge >= 0.3 is 0 Å². The highest BCUT2D eigenvalue weighted by Crippen LogP contribution is 2.41. The van der Waals surface area contributed by atoms with Crippen LogP contribution in [0.5, 0.6) is 0 Å². The maximum atomic E-state index is 13.3. The van der Waals surface area contributed by atoms with Gasteiger partial charge in [-0.05, 0) is 55.5 Å². The molecule has 1 aliphatic rings. The van der Waals surface area contributed by atoms with Crippen molar-refractivity contribution in [2.45, 2.75) is 12.8 Å². The van der Waals surface area contributed by atoms with E-state index < -0.39 is 5.92 Å². The predicted molar refractivity (Wildman–Crippen MR) is 138 cm³/mol. The molecule has 2 heterocycles. The number of nitrogens with one attached hydrogen (secondary N) is 3. The number of carbonyl (C=O) groups excluding carboxylic acids is 2. The van der Waals surface area contributed by atoms with Crippen LogP contribution in [-0.2, 0) is 9.59 Å². The number of anilines is 2. The van der Waals surface area contributed by atoms with Gasteiger partial charge in [0, 0.05) is 22.1 Å². The van der Waals surface area contributed by atoms with Crippen LogP contribution in [0.25, 0.3) is 0 Å². The van der Waals surface area contributed by atoms with Gasteiger partial charge in [-0.2, -0.15) is 5.26 Å². The molecule has 0 spiro atoms. The number of allylic oxidation sites excluding steroid dienone is 2. The first-order valence-electron chi connectivity index (χ1n) is 10.7. The number of amides is 2. The molecule has 1 atom stereocenters. The number of hydrogen-bond acceptors (Lipinski definition) is 6. The highest BCUT2D eigenvalue weighted by Gasteiger charge is 2.36. The normalized spacial score (nSPS) is 15.3. The Kier molecular flexibility index (Phi) is 7.60. The molecule has 3 aromatic rings. The Hall–Kier alpha value is -3.93. The van der Waals surface area contributed by atoms with Crippen molar-refractivity contribution in [1.29, 1.82) is 5.26 Å². The molecule has 0 bridgehead atoms. The van der Waals surface area contributed by atoms with Gasteiger partial charge in [0.05, 0.1) is 40.2 Å². The lowest BCUT2D eigenvalue weighted by molar-refractivity contribution is -0.114. The molecule has 4 rings (SSSR count). The molecular weight excluding hydrogens is 484 g/mol. The predicted octanol–water partition coefficient (Wildman–Crippen LogP) is 5.64. The van der Waals surface area contributed by atoms with Crippen molar-refractivity contribution < 1.29 is 14.0 Å². The van der Waals surface area contributed by atoms with Crippen LogP contribution in [-0.4, -0.2) is 17.6 Å². The fourth-order valence-corrected chi connectivity index (χ4v) is 4.67. The molecule has 0 fully saturated rings. The van der Waals surface area contributed by atoms with E-state index in [1.807, 2.05) is 18.2 Å². The van der Waals surface area contributed by atoms with Crippen LogP contribution in [0, 0.1) is 11.3 Å². The Bertz CT molecular complexity index is 1330. The number of halogens is 1. The van der Waals surface area contributed by atoms with Crippen LogP contribution in [0.15, 0.2) is 99.3 Å². The first-order valence-corrected chi connectivity index (χ1v) is 12.0. The van der Waals surface area contributed by atoms with Crippen molar-refractivity contribution >= 4 is 46.6 Å². The Balaban J connectivity index is 1.58. The van der Waals surface area contributed by atoms with E-state index in [9.17, 15) is 14.9 Å².